The quantitative estimate of drug-likeness (QED) is 0.459. The number of hydrogen-bond acceptors (Lipinski definition) is 4. The molecule has 0 radical (unpaired) electrons. The molecule has 0 fully saturated rings. The number of nitrogens with zero attached hydrogens (tertiary/aromatic N) is 2. The summed E-state index contributed by atoms with van der Waals surface area (Å²) in [5.74, 6) is -0.923. The van der Waals surface area contributed by atoms with Crippen LogP contribution in [0.15, 0.2) is 29.4 Å². The molecule has 5 heteroatoms. The highest BCUT2D eigenvalue weighted by atomic mass is 16.6. The lowest BCUT2D eigenvalue weighted by atomic mass is 10.2. The van der Waals surface area contributed by atoms with Crippen LogP contribution in [0.25, 0.3) is 0 Å². The van der Waals surface area contributed by atoms with Crippen LogP contribution in [0.3, 0.4) is 0 Å². The van der Waals surface area contributed by atoms with Gasteiger partial charge in [-0.2, -0.15) is 5.26 Å². The summed E-state index contributed by atoms with van der Waals surface area (Å²) in [6, 6.07) is 8.78. The van der Waals surface area contributed by atoms with Crippen molar-refractivity contribution in [3.05, 3.63) is 35.4 Å². The fraction of sp³-hybridized carbons (Fsp3) is 0.182. The second kappa shape index (κ2) is 6.19. The molecule has 1 aromatic carbocycles. The molecule has 1 N–H and O–H groups in total. The predicted molar refractivity (Wildman–Crippen MR) is 57.0 cm³/mol. The van der Waals surface area contributed by atoms with Crippen molar-refractivity contribution >= 4 is 12.2 Å². The molecule has 0 bridgehead atoms. The van der Waals surface area contributed by atoms with Crippen LogP contribution in [-0.2, 0) is 9.63 Å². The molecule has 0 aliphatic heterocycles. The second-order valence-electron chi connectivity index (χ2n) is 2.95. The second-order valence-corrected chi connectivity index (χ2v) is 2.95. The van der Waals surface area contributed by atoms with Crippen molar-refractivity contribution in [2.45, 2.75) is 6.42 Å². The van der Waals surface area contributed by atoms with Crippen LogP contribution in [0.4, 0.5) is 0 Å². The molecule has 0 amide bonds. The summed E-state index contributed by atoms with van der Waals surface area (Å²) in [5.41, 5.74) is 1.36. The summed E-state index contributed by atoms with van der Waals surface area (Å²) in [6.45, 7) is 0.0438. The topological polar surface area (TPSA) is 82.7 Å². The average Bonchev–Trinajstić information content (AvgIpc) is 2.29. The third kappa shape index (κ3) is 4.24. The summed E-state index contributed by atoms with van der Waals surface area (Å²) < 4.78 is 0. The summed E-state index contributed by atoms with van der Waals surface area (Å²) in [6.07, 6.45) is 1.38. The molecule has 0 aliphatic rings. The molecule has 0 heterocycles. The van der Waals surface area contributed by atoms with E-state index in [4.69, 9.17) is 15.2 Å². The lowest BCUT2D eigenvalue weighted by molar-refractivity contribution is -0.138. The molecule has 16 heavy (non-hydrogen) atoms. The number of hydrogen-bond donors (Lipinski definition) is 1. The van der Waals surface area contributed by atoms with Gasteiger partial charge in [0.05, 0.1) is 24.3 Å². The van der Waals surface area contributed by atoms with Gasteiger partial charge < -0.3 is 9.94 Å². The maximum Gasteiger partial charge on any atom is 0.306 e. The molecule has 0 atom stereocenters. The van der Waals surface area contributed by atoms with Gasteiger partial charge in [-0.25, -0.2) is 0 Å². The molecule has 82 valence electrons. The van der Waals surface area contributed by atoms with Crippen LogP contribution in [0.2, 0.25) is 0 Å². The Morgan fingerprint density at radius 3 is 2.75 bits per heavy atom. The van der Waals surface area contributed by atoms with Crippen LogP contribution in [0.1, 0.15) is 17.5 Å². The molecular formula is C11H10N2O3. The Hall–Kier alpha value is -2.35. The summed E-state index contributed by atoms with van der Waals surface area (Å²) in [5, 5.41) is 20.5. The van der Waals surface area contributed by atoms with Gasteiger partial charge in [0.1, 0.15) is 6.61 Å². The Labute approximate surface area is 92.6 Å². The van der Waals surface area contributed by atoms with Crippen LogP contribution < -0.4 is 0 Å². The molecule has 0 aromatic heterocycles. The summed E-state index contributed by atoms with van der Waals surface area (Å²) in [7, 11) is 0. The van der Waals surface area contributed by atoms with Crippen molar-refractivity contribution in [2.24, 2.45) is 5.16 Å². The minimum absolute atomic E-state index is 0.0438. The van der Waals surface area contributed by atoms with E-state index in [0.29, 0.717) is 5.56 Å². The number of nitriles is 1. The molecular weight excluding hydrogens is 208 g/mol. The standard InChI is InChI=1S/C11H10N2O3/c12-7-9-1-3-10(4-2-9)8-13-16-6-5-11(14)15/h1-4,8H,5-6H2,(H,14,15). The minimum Gasteiger partial charge on any atom is -0.481 e. The van der Waals surface area contributed by atoms with Gasteiger partial charge in [0.15, 0.2) is 0 Å². The molecule has 1 rings (SSSR count). The summed E-state index contributed by atoms with van der Waals surface area (Å²) >= 11 is 0. The van der Waals surface area contributed by atoms with E-state index in [0.717, 1.165) is 5.56 Å². The van der Waals surface area contributed by atoms with Crippen molar-refractivity contribution in [3.63, 3.8) is 0 Å². The lowest BCUT2D eigenvalue weighted by Crippen LogP contribution is -1.99. The zero-order valence-electron chi connectivity index (χ0n) is 8.46. The van der Waals surface area contributed by atoms with Gasteiger partial charge in [-0.15, -0.1) is 0 Å². The number of oxime groups is 1. The smallest absolute Gasteiger partial charge is 0.306 e. The lowest BCUT2D eigenvalue weighted by Gasteiger charge is -1.95. The Morgan fingerprint density at radius 2 is 2.19 bits per heavy atom. The van der Waals surface area contributed by atoms with Gasteiger partial charge in [0.2, 0.25) is 0 Å². The van der Waals surface area contributed by atoms with E-state index in [1.807, 2.05) is 6.07 Å². The Bertz CT molecular complexity index is 418. The molecule has 1 aromatic rings. The molecule has 5 nitrogen and oxygen atoms in total. The maximum absolute atomic E-state index is 10.1. The molecule has 0 aliphatic carbocycles. The highest BCUT2D eigenvalue weighted by Gasteiger charge is 1.95. The number of aliphatic carboxylic acids is 1. The maximum atomic E-state index is 10.1. The van der Waals surface area contributed by atoms with Crippen LogP contribution in [0.5, 0.6) is 0 Å². The Balaban J connectivity index is 2.38. The largest absolute Gasteiger partial charge is 0.481 e. The van der Waals surface area contributed by atoms with E-state index >= 15 is 0 Å². The zero-order chi connectivity index (χ0) is 11.8. The third-order valence-electron chi connectivity index (χ3n) is 1.72. The van der Waals surface area contributed by atoms with Crippen molar-refractivity contribution < 1.29 is 14.7 Å². The Kier molecular flexibility index (Phi) is 4.54. The molecule has 0 saturated heterocycles. The van der Waals surface area contributed by atoms with E-state index in [1.165, 1.54) is 6.21 Å². The van der Waals surface area contributed by atoms with Crippen molar-refractivity contribution in [1.29, 1.82) is 5.26 Å². The van der Waals surface area contributed by atoms with Crippen molar-refractivity contribution in [3.8, 4) is 6.07 Å². The van der Waals surface area contributed by atoms with E-state index in [2.05, 4.69) is 5.16 Å². The molecule has 0 saturated carbocycles. The number of carbonyl (C=O) groups is 1. The van der Waals surface area contributed by atoms with E-state index < -0.39 is 5.97 Å². The number of carboxylic acid groups (broad SMARTS) is 1. The summed E-state index contributed by atoms with van der Waals surface area (Å²) in [4.78, 5) is 14.9. The van der Waals surface area contributed by atoms with Gasteiger partial charge in [0, 0.05) is 0 Å². The average molecular weight is 218 g/mol. The first kappa shape index (κ1) is 11.7. The van der Waals surface area contributed by atoms with Crippen molar-refractivity contribution in [2.75, 3.05) is 6.61 Å². The fourth-order valence-corrected chi connectivity index (χ4v) is 0.928. The van der Waals surface area contributed by atoms with Gasteiger partial charge in [-0.3, -0.25) is 4.79 Å². The highest BCUT2D eigenvalue weighted by Crippen LogP contribution is 2.00. The molecule has 0 spiro atoms. The van der Waals surface area contributed by atoms with E-state index in [1.54, 1.807) is 24.3 Å². The van der Waals surface area contributed by atoms with Crippen LogP contribution >= 0.6 is 0 Å². The van der Waals surface area contributed by atoms with Crippen LogP contribution in [-0.4, -0.2) is 23.9 Å². The van der Waals surface area contributed by atoms with Gasteiger partial charge in [0.25, 0.3) is 0 Å². The van der Waals surface area contributed by atoms with E-state index in [9.17, 15) is 4.79 Å². The fourth-order valence-electron chi connectivity index (χ4n) is 0.928. The number of carboxylic acids is 1. The molecule has 0 unspecified atom stereocenters. The predicted octanol–water partition coefficient (Wildman–Crippen LogP) is 1.38. The van der Waals surface area contributed by atoms with Crippen molar-refractivity contribution in [1.82, 2.24) is 0 Å². The number of rotatable bonds is 5. The van der Waals surface area contributed by atoms with Gasteiger partial charge in [-0.05, 0) is 17.7 Å². The van der Waals surface area contributed by atoms with Crippen LogP contribution in [0, 0.1) is 11.3 Å². The monoisotopic (exact) mass is 218 g/mol. The van der Waals surface area contributed by atoms with Gasteiger partial charge >= 0.3 is 5.97 Å². The SMILES string of the molecule is N#Cc1ccc(C=NOCCC(=O)O)cc1. The Morgan fingerprint density at radius 1 is 1.50 bits per heavy atom. The normalized spacial score (nSPS) is 9.94. The van der Waals surface area contributed by atoms with E-state index in [-0.39, 0.29) is 13.0 Å². The number of benzene rings is 1. The first-order chi connectivity index (χ1) is 7.72. The minimum atomic E-state index is -0.923. The highest BCUT2D eigenvalue weighted by molar-refractivity contribution is 5.79. The first-order valence-electron chi connectivity index (χ1n) is 4.59. The zero-order valence-corrected chi connectivity index (χ0v) is 8.46. The first-order valence-corrected chi connectivity index (χ1v) is 4.59. The van der Waals surface area contributed by atoms with Gasteiger partial charge in [-0.1, -0.05) is 17.3 Å². The third-order valence-corrected chi connectivity index (χ3v) is 1.72.